The second-order valence-electron chi connectivity index (χ2n) is 5.04. The van der Waals surface area contributed by atoms with Crippen molar-refractivity contribution in [3.05, 3.63) is 58.9 Å². The SMILES string of the molecule is CCNc1ccc(Cl)cc1NC(=O)CC(O)c1cccc(F)c1. The quantitative estimate of drug-likeness (QED) is 0.748. The largest absolute Gasteiger partial charge is 0.388 e. The highest BCUT2D eigenvalue weighted by atomic mass is 35.5. The molecule has 0 radical (unpaired) electrons. The first-order valence-corrected chi connectivity index (χ1v) is 7.64. The minimum Gasteiger partial charge on any atom is -0.388 e. The Balaban J connectivity index is 2.06. The number of hydrogen-bond donors (Lipinski definition) is 3. The molecule has 0 aromatic heterocycles. The number of benzene rings is 2. The zero-order valence-electron chi connectivity index (χ0n) is 12.6. The maximum Gasteiger partial charge on any atom is 0.227 e. The Morgan fingerprint density at radius 1 is 1.26 bits per heavy atom. The molecule has 1 atom stereocenters. The van der Waals surface area contributed by atoms with Crippen LogP contribution < -0.4 is 10.6 Å². The fourth-order valence-electron chi connectivity index (χ4n) is 2.17. The number of aliphatic hydroxyl groups is 1. The van der Waals surface area contributed by atoms with E-state index in [1.165, 1.54) is 18.2 Å². The lowest BCUT2D eigenvalue weighted by atomic mass is 10.1. The van der Waals surface area contributed by atoms with E-state index in [9.17, 15) is 14.3 Å². The Morgan fingerprint density at radius 2 is 2.04 bits per heavy atom. The van der Waals surface area contributed by atoms with Crippen molar-refractivity contribution in [2.75, 3.05) is 17.2 Å². The van der Waals surface area contributed by atoms with Gasteiger partial charge in [-0.2, -0.15) is 0 Å². The van der Waals surface area contributed by atoms with Crippen LogP contribution in [0.4, 0.5) is 15.8 Å². The fraction of sp³-hybridized carbons (Fsp3) is 0.235. The molecule has 0 spiro atoms. The third kappa shape index (κ3) is 4.94. The smallest absolute Gasteiger partial charge is 0.227 e. The summed E-state index contributed by atoms with van der Waals surface area (Å²) in [6.07, 6.45) is -1.26. The summed E-state index contributed by atoms with van der Waals surface area (Å²) in [7, 11) is 0. The van der Waals surface area contributed by atoms with Crippen molar-refractivity contribution >= 4 is 28.9 Å². The predicted molar refractivity (Wildman–Crippen MR) is 90.2 cm³/mol. The van der Waals surface area contributed by atoms with E-state index in [0.29, 0.717) is 22.8 Å². The van der Waals surface area contributed by atoms with Gasteiger partial charge in [0.25, 0.3) is 0 Å². The van der Waals surface area contributed by atoms with Gasteiger partial charge in [-0.15, -0.1) is 0 Å². The zero-order chi connectivity index (χ0) is 16.8. The molecule has 2 aromatic carbocycles. The van der Waals surface area contributed by atoms with Gasteiger partial charge in [-0.3, -0.25) is 4.79 Å². The first kappa shape index (κ1) is 17.2. The van der Waals surface area contributed by atoms with Gasteiger partial charge in [-0.1, -0.05) is 23.7 Å². The Hall–Kier alpha value is -2.11. The Morgan fingerprint density at radius 3 is 2.74 bits per heavy atom. The van der Waals surface area contributed by atoms with Gasteiger partial charge in [0.2, 0.25) is 5.91 Å². The minimum atomic E-state index is -1.08. The summed E-state index contributed by atoms with van der Waals surface area (Å²) in [6, 6.07) is 10.7. The van der Waals surface area contributed by atoms with Gasteiger partial charge < -0.3 is 15.7 Å². The van der Waals surface area contributed by atoms with Crippen molar-refractivity contribution in [3.63, 3.8) is 0 Å². The normalized spacial score (nSPS) is 11.8. The summed E-state index contributed by atoms with van der Waals surface area (Å²) in [5, 5.41) is 16.4. The van der Waals surface area contributed by atoms with E-state index in [4.69, 9.17) is 11.6 Å². The number of anilines is 2. The molecule has 0 aliphatic rings. The predicted octanol–water partition coefficient (Wildman–Crippen LogP) is 3.97. The van der Waals surface area contributed by atoms with Gasteiger partial charge in [-0.25, -0.2) is 4.39 Å². The molecule has 0 saturated heterocycles. The summed E-state index contributed by atoms with van der Waals surface area (Å²) in [6.45, 7) is 2.63. The number of carbonyl (C=O) groups excluding carboxylic acids is 1. The van der Waals surface area contributed by atoms with E-state index in [0.717, 1.165) is 5.69 Å². The lowest BCUT2D eigenvalue weighted by Gasteiger charge is -2.14. The van der Waals surface area contributed by atoms with E-state index >= 15 is 0 Å². The van der Waals surface area contributed by atoms with Crippen LogP contribution in [0.25, 0.3) is 0 Å². The van der Waals surface area contributed by atoms with Crippen LogP contribution in [0.2, 0.25) is 5.02 Å². The van der Waals surface area contributed by atoms with Crippen molar-refractivity contribution in [1.82, 2.24) is 0 Å². The first-order chi connectivity index (χ1) is 11.0. The Bertz CT molecular complexity index is 694. The maximum atomic E-state index is 13.2. The molecule has 23 heavy (non-hydrogen) atoms. The molecule has 0 aliphatic carbocycles. The molecule has 0 bridgehead atoms. The molecule has 3 N–H and O–H groups in total. The molecular weight excluding hydrogens is 319 g/mol. The van der Waals surface area contributed by atoms with Crippen molar-refractivity contribution in [2.24, 2.45) is 0 Å². The topological polar surface area (TPSA) is 61.4 Å². The standard InChI is InChI=1S/C17H18ClFN2O2/c1-2-20-14-7-6-12(18)9-15(14)21-17(23)10-16(22)11-4-3-5-13(19)8-11/h3-9,16,20,22H,2,10H2,1H3,(H,21,23). The molecule has 2 aromatic rings. The van der Waals surface area contributed by atoms with Crippen LogP contribution >= 0.6 is 11.6 Å². The molecule has 0 aliphatic heterocycles. The van der Waals surface area contributed by atoms with Crippen molar-refractivity contribution in [2.45, 2.75) is 19.4 Å². The highest BCUT2D eigenvalue weighted by molar-refractivity contribution is 6.31. The van der Waals surface area contributed by atoms with Crippen molar-refractivity contribution in [1.29, 1.82) is 0 Å². The molecule has 0 heterocycles. The third-order valence-corrected chi connectivity index (χ3v) is 3.47. The molecule has 0 fully saturated rings. The Labute approximate surface area is 139 Å². The van der Waals surface area contributed by atoms with Crippen LogP contribution in [0.1, 0.15) is 25.0 Å². The van der Waals surface area contributed by atoms with Crippen LogP contribution in [0, 0.1) is 5.82 Å². The fourth-order valence-corrected chi connectivity index (χ4v) is 2.35. The molecule has 2 rings (SSSR count). The van der Waals surface area contributed by atoms with Gasteiger partial charge >= 0.3 is 0 Å². The highest BCUT2D eigenvalue weighted by Gasteiger charge is 2.15. The molecule has 6 heteroatoms. The van der Waals surface area contributed by atoms with E-state index in [2.05, 4.69) is 10.6 Å². The minimum absolute atomic E-state index is 0.179. The summed E-state index contributed by atoms with van der Waals surface area (Å²) in [5.41, 5.74) is 1.64. The second kappa shape index (κ2) is 7.94. The molecule has 1 amide bonds. The lowest BCUT2D eigenvalue weighted by Crippen LogP contribution is -2.16. The van der Waals surface area contributed by atoms with Crippen LogP contribution in [0.5, 0.6) is 0 Å². The summed E-state index contributed by atoms with van der Waals surface area (Å²) in [5.74, 6) is -0.839. The molecule has 0 saturated carbocycles. The van der Waals surface area contributed by atoms with E-state index in [1.807, 2.05) is 6.92 Å². The lowest BCUT2D eigenvalue weighted by molar-refractivity contribution is -0.118. The molecular formula is C17H18ClFN2O2. The van der Waals surface area contributed by atoms with E-state index in [1.54, 1.807) is 24.3 Å². The van der Waals surface area contributed by atoms with E-state index < -0.39 is 11.9 Å². The number of rotatable bonds is 6. The number of hydrogen-bond acceptors (Lipinski definition) is 3. The van der Waals surface area contributed by atoms with Crippen LogP contribution in [0.3, 0.4) is 0 Å². The monoisotopic (exact) mass is 336 g/mol. The highest BCUT2D eigenvalue weighted by Crippen LogP contribution is 2.26. The van der Waals surface area contributed by atoms with Crippen molar-refractivity contribution < 1.29 is 14.3 Å². The Kier molecular flexibility index (Phi) is 5.96. The third-order valence-electron chi connectivity index (χ3n) is 3.24. The zero-order valence-corrected chi connectivity index (χ0v) is 13.4. The van der Waals surface area contributed by atoms with Crippen LogP contribution in [-0.2, 0) is 4.79 Å². The van der Waals surface area contributed by atoms with Gasteiger partial charge in [0, 0.05) is 11.6 Å². The molecule has 1 unspecified atom stereocenters. The van der Waals surface area contributed by atoms with Crippen LogP contribution in [-0.4, -0.2) is 17.6 Å². The van der Waals surface area contributed by atoms with Crippen molar-refractivity contribution in [3.8, 4) is 0 Å². The number of halogens is 2. The summed E-state index contributed by atoms with van der Waals surface area (Å²) < 4.78 is 13.2. The maximum absolute atomic E-state index is 13.2. The van der Waals surface area contributed by atoms with Gasteiger partial charge in [0.05, 0.1) is 23.9 Å². The average molecular weight is 337 g/mol. The second-order valence-corrected chi connectivity index (χ2v) is 5.48. The molecule has 122 valence electrons. The number of carbonyl (C=O) groups is 1. The molecule has 4 nitrogen and oxygen atoms in total. The number of aliphatic hydroxyl groups excluding tert-OH is 1. The van der Waals surface area contributed by atoms with Gasteiger partial charge in [-0.05, 0) is 42.8 Å². The number of amides is 1. The van der Waals surface area contributed by atoms with E-state index in [-0.39, 0.29) is 12.3 Å². The first-order valence-electron chi connectivity index (χ1n) is 7.26. The summed E-state index contributed by atoms with van der Waals surface area (Å²) >= 11 is 5.95. The average Bonchev–Trinajstić information content (AvgIpc) is 2.50. The summed E-state index contributed by atoms with van der Waals surface area (Å²) in [4.78, 5) is 12.1. The van der Waals surface area contributed by atoms with Crippen LogP contribution in [0.15, 0.2) is 42.5 Å². The van der Waals surface area contributed by atoms with Gasteiger partial charge in [0.15, 0.2) is 0 Å². The number of nitrogens with one attached hydrogen (secondary N) is 2. The van der Waals surface area contributed by atoms with Gasteiger partial charge in [0.1, 0.15) is 5.82 Å².